The van der Waals surface area contributed by atoms with E-state index in [0.717, 1.165) is 18.5 Å². The Kier molecular flexibility index (Phi) is 4.55. The zero-order valence-electron chi connectivity index (χ0n) is 12.2. The second-order valence-corrected chi connectivity index (χ2v) is 5.94. The van der Waals surface area contributed by atoms with Crippen LogP contribution < -0.4 is 5.32 Å². The van der Waals surface area contributed by atoms with Gasteiger partial charge in [-0.05, 0) is 37.7 Å². The molecule has 3 rings (SSSR count). The third kappa shape index (κ3) is 3.44. The smallest absolute Gasteiger partial charge is 0.220 e. The molecule has 6 nitrogen and oxygen atoms in total. The van der Waals surface area contributed by atoms with E-state index in [2.05, 4.69) is 15.5 Å². The Hall–Kier alpha value is -1.40. The highest BCUT2D eigenvalue weighted by Crippen LogP contribution is 2.22. The maximum atomic E-state index is 12.0. The van der Waals surface area contributed by atoms with E-state index in [9.17, 15) is 9.90 Å². The number of aliphatic hydroxyl groups is 1. The van der Waals surface area contributed by atoms with Crippen molar-refractivity contribution in [2.24, 2.45) is 0 Å². The first-order valence-electron chi connectivity index (χ1n) is 7.84. The first kappa shape index (κ1) is 14.5. The zero-order valence-corrected chi connectivity index (χ0v) is 12.2. The van der Waals surface area contributed by atoms with Crippen LogP contribution in [0.3, 0.4) is 0 Å². The molecule has 1 saturated heterocycles. The molecular weight excluding hydrogens is 270 g/mol. The van der Waals surface area contributed by atoms with Gasteiger partial charge >= 0.3 is 0 Å². The van der Waals surface area contributed by atoms with E-state index in [4.69, 9.17) is 4.74 Å². The minimum Gasteiger partial charge on any atom is -0.389 e. The van der Waals surface area contributed by atoms with E-state index < -0.39 is 6.10 Å². The van der Waals surface area contributed by atoms with Crippen LogP contribution in [0.2, 0.25) is 0 Å². The van der Waals surface area contributed by atoms with Gasteiger partial charge in [0.15, 0.2) is 0 Å². The Morgan fingerprint density at radius 2 is 2.29 bits per heavy atom. The highest BCUT2D eigenvalue weighted by atomic mass is 16.5. The number of hydrogen-bond donors (Lipinski definition) is 3. The van der Waals surface area contributed by atoms with Crippen molar-refractivity contribution in [2.45, 2.75) is 57.1 Å². The molecule has 0 unspecified atom stereocenters. The van der Waals surface area contributed by atoms with Crippen molar-refractivity contribution in [2.75, 3.05) is 13.2 Å². The SMILES string of the molecule is O=C(CCc1n[nH]c2c1CCCC2)N[C@@H]1CCOC[C@H]1O. The van der Waals surface area contributed by atoms with Gasteiger partial charge in [-0.3, -0.25) is 9.89 Å². The van der Waals surface area contributed by atoms with E-state index in [1.54, 1.807) is 0 Å². The van der Waals surface area contributed by atoms with Gasteiger partial charge in [-0.25, -0.2) is 0 Å². The van der Waals surface area contributed by atoms with Crippen LogP contribution in [0.5, 0.6) is 0 Å². The number of amides is 1. The van der Waals surface area contributed by atoms with Gasteiger partial charge in [0.1, 0.15) is 0 Å². The number of aromatic amines is 1. The molecule has 1 aliphatic carbocycles. The van der Waals surface area contributed by atoms with Gasteiger partial charge in [-0.2, -0.15) is 5.10 Å². The highest BCUT2D eigenvalue weighted by Gasteiger charge is 2.25. The van der Waals surface area contributed by atoms with Crippen LogP contribution in [0.15, 0.2) is 0 Å². The van der Waals surface area contributed by atoms with Crippen molar-refractivity contribution in [3.63, 3.8) is 0 Å². The second kappa shape index (κ2) is 6.58. The summed E-state index contributed by atoms with van der Waals surface area (Å²) in [6, 6.07) is -0.181. The number of rotatable bonds is 4. The third-order valence-corrected chi connectivity index (χ3v) is 4.40. The summed E-state index contributed by atoms with van der Waals surface area (Å²) in [6.07, 6.45) is 5.73. The predicted octanol–water partition coefficient (Wildman–Crippen LogP) is 0.487. The summed E-state index contributed by atoms with van der Waals surface area (Å²) in [5.41, 5.74) is 3.60. The molecule has 3 N–H and O–H groups in total. The number of ether oxygens (including phenoxy) is 1. The molecule has 1 aromatic heterocycles. The first-order valence-corrected chi connectivity index (χ1v) is 7.84. The standard InChI is InChI=1S/C15H23N3O3/c19-14-9-21-8-7-13(14)16-15(20)6-5-12-10-3-1-2-4-11(10)17-18-12/h13-14,19H,1-9H2,(H,16,20)(H,17,18)/t13-,14-/m1/s1. The molecule has 2 aliphatic rings. The molecular formula is C15H23N3O3. The van der Waals surface area contributed by atoms with Gasteiger partial charge in [0.25, 0.3) is 0 Å². The Morgan fingerprint density at radius 3 is 3.14 bits per heavy atom. The van der Waals surface area contributed by atoms with Crippen LogP contribution in [0.25, 0.3) is 0 Å². The molecule has 0 spiro atoms. The molecule has 1 amide bonds. The molecule has 0 saturated carbocycles. The molecule has 2 heterocycles. The van der Waals surface area contributed by atoms with Crippen LogP contribution in [0, 0.1) is 0 Å². The van der Waals surface area contributed by atoms with Gasteiger partial charge < -0.3 is 15.2 Å². The fraction of sp³-hybridized carbons (Fsp3) is 0.733. The number of aliphatic hydroxyl groups excluding tert-OH is 1. The number of nitrogens with zero attached hydrogens (tertiary/aromatic N) is 1. The number of aromatic nitrogens is 2. The molecule has 116 valence electrons. The van der Waals surface area contributed by atoms with Crippen molar-refractivity contribution in [3.8, 4) is 0 Å². The predicted molar refractivity (Wildman–Crippen MR) is 76.9 cm³/mol. The summed E-state index contributed by atoms with van der Waals surface area (Å²) in [4.78, 5) is 12.0. The third-order valence-electron chi connectivity index (χ3n) is 4.40. The van der Waals surface area contributed by atoms with Gasteiger partial charge in [-0.15, -0.1) is 0 Å². The zero-order chi connectivity index (χ0) is 14.7. The molecule has 21 heavy (non-hydrogen) atoms. The van der Waals surface area contributed by atoms with Gasteiger partial charge in [-0.1, -0.05) is 0 Å². The number of carbonyl (C=O) groups excluding carboxylic acids is 1. The molecule has 1 aliphatic heterocycles. The summed E-state index contributed by atoms with van der Waals surface area (Å²) in [6.45, 7) is 0.896. The first-order chi connectivity index (χ1) is 10.2. The van der Waals surface area contributed by atoms with Crippen molar-refractivity contribution >= 4 is 5.91 Å². The lowest BCUT2D eigenvalue weighted by Crippen LogP contribution is -2.48. The summed E-state index contributed by atoms with van der Waals surface area (Å²) in [7, 11) is 0. The number of carbonyl (C=O) groups is 1. The Bertz CT molecular complexity index is 500. The van der Waals surface area contributed by atoms with Gasteiger partial charge in [0, 0.05) is 25.1 Å². The summed E-state index contributed by atoms with van der Waals surface area (Å²) in [5, 5.41) is 20.1. The monoisotopic (exact) mass is 293 g/mol. The number of fused-ring (bicyclic) bond motifs is 1. The lowest BCUT2D eigenvalue weighted by Gasteiger charge is -2.28. The summed E-state index contributed by atoms with van der Waals surface area (Å²) in [5.74, 6) is -0.0199. The van der Waals surface area contributed by atoms with E-state index in [1.807, 2.05) is 0 Å². The molecule has 6 heteroatoms. The average Bonchev–Trinajstić information content (AvgIpc) is 2.91. The number of hydrogen-bond acceptors (Lipinski definition) is 4. The molecule has 1 fully saturated rings. The summed E-state index contributed by atoms with van der Waals surface area (Å²) >= 11 is 0. The van der Waals surface area contributed by atoms with E-state index in [1.165, 1.54) is 24.1 Å². The van der Waals surface area contributed by atoms with Crippen molar-refractivity contribution in [3.05, 3.63) is 17.0 Å². The van der Waals surface area contributed by atoms with Crippen molar-refractivity contribution in [1.82, 2.24) is 15.5 Å². The van der Waals surface area contributed by atoms with Crippen LogP contribution in [0.1, 0.15) is 42.6 Å². The number of nitrogens with one attached hydrogen (secondary N) is 2. The lowest BCUT2D eigenvalue weighted by atomic mass is 9.94. The van der Waals surface area contributed by atoms with E-state index in [-0.39, 0.29) is 11.9 Å². The number of aryl methyl sites for hydroxylation is 2. The van der Waals surface area contributed by atoms with E-state index in [0.29, 0.717) is 32.5 Å². The van der Waals surface area contributed by atoms with Gasteiger partial charge in [0.2, 0.25) is 5.91 Å². The fourth-order valence-electron chi connectivity index (χ4n) is 3.16. The largest absolute Gasteiger partial charge is 0.389 e. The summed E-state index contributed by atoms with van der Waals surface area (Å²) < 4.78 is 5.16. The van der Waals surface area contributed by atoms with Crippen LogP contribution in [-0.2, 0) is 28.8 Å². The van der Waals surface area contributed by atoms with E-state index >= 15 is 0 Å². The maximum Gasteiger partial charge on any atom is 0.220 e. The number of H-pyrrole nitrogens is 1. The quantitative estimate of drug-likeness (QED) is 0.754. The van der Waals surface area contributed by atoms with Crippen LogP contribution in [0.4, 0.5) is 0 Å². The van der Waals surface area contributed by atoms with Gasteiger partial charge in [0.05, 0.1) is 24.4 Å². The molecule has 1 aromatic rings. The average molecular weight is 293 g/mol. The van der Waals surface area contributed by atoms with Crippen molar-refractivity contribution in [1.29, 1.82) is 0 Å². The topological polar surface area (TPSA) is 87.2 Å². The van der Waals surface area contributed by atoms with Crippen molar-refractivity contribution < 1.29 is 14.6 Å². The Labute approximate surface area is 124 Å². The lowest BCUT2D eigenvalue weighted by molar-refractivity contribution is -0.124. The minimum atomic E-state index is -0.596. The molecule has 0 aromatic carbocycles. The second-order valence-electron chi connectivity index (χ2n) is 5.94. The maximum absolute atomic E-state index is 12.0. The minimum absolute atomic E-state index is 0.0199. The normalized spacial score (nSPS) is 25.4. The molecule has 0 radical (unpaired) electrons. The molecule has 0 bridgehead atoms. The Balaban J connectivity index is 1.50. The fourth-order valence-corrected chi connectivity index (χ4v) is 3.16. The highest BCUT2D eigenvalue weighted by molar-refractivity contribution is 5.76. The molecule has 2 atom stereocenters. The van der Waals surface area contributed by atoms with Crippen LogP contribution >= 0.6 is 0 Å². The Morgan fingerprint density at radius 1 is 1.43 bits per heavy atom. The van der Waals surface area contributed by atoms with Crippen LogP contribution in [-0.4, -0.2) is 46.6 Å².